The van der Waals surface area contributed by atoms with E-state index < -0.39 is 31.3 Å². The average molecular weight is 328 g/mol. The second kappa shape index (κ2) is 5.81. The van der Waals surface area contributed by atoms with Crippen LogP contribution in [-0.4, -0.2) is 23.1 Å². The zero-order valence-corrected chi connectivity index (χ0v) is 12.6. The highest BCUT2D eigenvalue weighted by Crippen LogP contribution is 2.25. The minimum atomic E-state index is -4.08. The number of benzene rings is 1. The van der Waals surface area contributed by atoms with Gasteiger partial charge in [0.05, 0.1) is 27.6 Å². The van der Waals surface area contributed by atoms with Gasteiger partial charge in [-0.15, -0.1) is 0 Å². The first kappa shape index (κ1) is 16.0. The predicted molar refractivity (Wildman–Crippen MR) is 75.0 cm³/mol. The summed E-state index contributed by atoms with van der Waals surface area (Å²) < 4.78 is 41.7. The molecule has 1 aromatic carbocycles. The van der Waals surface area contributed by atoms with Gasteiger partial charge in [0, 0.05) is 19.3 Å². The maximum Gasteiger partial charge on any atom is 0.276 e. The molecule has 2 aromatic rings. The van der Waals surface area contributed by atoms with Crippen molar-refractivity contribution >= 4 is 15.7 Å². The average Bonchev–Trinajstić information content (AvgIpc) is 2.84. The van der Waals surface area contributed by atoms with Crippen molar-refractivity contribution in [2.75, 3.05) is 0 Å². The molecule has 1 heterocycles. The number of rotatable bonds is 5. The summed E-state index contributed by atoms with van der Waals surface area (Å²) in [5.74, 6) is -0.949. The maximum absolute atomic E-state index is 13.7. The topological polar surface area (TPSA) is 107 Å². The number of hydrogen-bond acceptors (Lipinski definition) is 5. The molecule has 0 amide bonds. The number of aryl methyl sites for hydroxylation is 1. The van der Waals surface area contributed by atoms with E-state index in [1.54, 1.807) is 13.1 Å². The van der Waals surface area contributed by atoms with Gasteiger partial charge < -0.3 is 0 Å². The minimum Gasteiger partial charge on any atom is -0.271 e. The summed E-state index contributed by atoms with van der Waals surface area (Å²) in [4.78, 5) is 9.54. The van der Waals surface area contributed by atoms with Gasteiger partial charge in [0.25, 0.3) is 5.69 Å². The van der Waals surface area contributed by atoms with Gasteiger partial charge in [0.15, 0.2) is 0 Å². The molecule has 118 valence electrons. The van der Waals surface area contributed by atoms with Crippen LogP contribution in [0.5, 0.6) is 0 Å². The van der Waals surface area contributed by atoms with Crippen molar-refractivity contribution in [2.24, 2.45) is 7.05 Å². The van der Waals surface area contributed by atoms with Crippen LogP contribution >= 0.6 is 0 Å². The highest BCUT2D eigenvalue weighted by molar-refractivity contribution is 7.89. The Morgan fingerprint density at radius 3 is 2.68 bits per heavy atom. The molecule has 1 aromatic heterocycles. The third kappa shape index (κ3) is 3.12. The van der Waals surface area contributed by atoms with Crippen LogP contribution in [-0.2, 0) is 23.6 Å². The van der Waals surface area contributed by atoms with Gasteiger partial charge >= 0.3 is 0 Å². The van der Waals surface area contributed by atoms with Crippen LogP contribution in [0.3, 0.4) is 0 Å². The zero-order valence-electron chi connectivity index (χ0n) is 11.8. The molecule has 0 radical (unpaired) electrons. The van der Waals surface area contributed by atoms with E-state index in [2.05, 4.69) is 9.82 Å². The molecule has 0 aliphatic heterocycles. The van der Waals surface area contributed by atoms with Crippen molar-refractivity contribution in [3.8, 4) is 0 Å². The molecule has 0 unspecified atom stereocenters. The Hall–Kier alpha value is -2.33. The molecule has 1 N–H and O–H groups in total. The van der Waals surface area contributed by atoms with E-state index in [9.17, 15) is 22.9 Å². The van der Waals surface area contributed by atoms with Gasteiger partial charge in [-0.25, -0.2) is 17.5 Å². The SMILES string of the molecule is Cc1c(F)cc(S(=O)(=O)NCc2ccnn2C)cc1[N+](=O)[O-]. The molecule has 10 heteroatoms. The highest BCUT2D eigenvalue weighted by Gasteiger charge is 2.23. The number of hydrogen-bond donors (Lipinski definition) is 1. The molecule has 0 saturated carbocycles. The number of nitrogens with one attached hydrogen (secondary N) is 1. The summed E-state index contributed by atoms with van der Waals surface area (Å²) in [6.45, 7) is 1.15. The molecular weight excluding hydrogens is 315 g/mol. The number of nitro groups is 1. The van der Waals surface area contributed by atoms with Crippen LogP contribution in [0.15, 0.2) is 29.3 Å². The first-order chi connectivity index (χ1) is 10.2. The molecular formula is C12H13FN4O4S. The summed E-state index contributed by atoms with van der Waals surface area (Å²) in [5, 5.41) is 14.7. The fraction of sp³-hybridized carbons (Fsp3) is 0.250. The van der Waals surface area contributed by atoms with Crippen LogP contribution in [0, 0.1) is 22.9 Å². The summed E-state index contributed by atoms with van der Waals surface area (Å²) in [7, 11) is -2.45. The molecule has 0 aliphatic carbocycles. The fourth-order valence-electron chi connectivity index (χ4n) is 1.81. The van der Waals surface area contributed by atoms with E-state index in [1.165, 1.54) is 17.8 Å². The molecule has 0 spiro atoms. The van der Waals surface area contributed by atoms with Gasteiger partial charge in [-0.3, -0.25) is 14.8 Å². The third-order valence-electron chi connectivity index (χ3n) is 3.16. The van der Waals surface area contributed by atoms with E-state index >= 15 is 0 Å². The first-order valence-corrected chi connectivity index (χ1v) is 7.62. The maximum atomic E-state index is 13.7. The number of aromatic nitrogens is 2. The van der Waals surface area contributed by atoms with Crippen molar-refractivity contribution in [3.63, 3.8) is 0 Å². The number of nitrogens with zero attached hydrogens (tertiary/aromatic N) is 3. The van der Waals surface area contributed by atoms with Gasteiger partial charge in [0.2, 0.25) is 10.0 Å². The van der Waals surface area contributed by atoms with Gasteiger partial charge in [0.1, 0.15) is 5.82 Å². The summed E-state index contributed by atoms with van der Waals surface area (Å²) in [5.41, 5.74) is -0.206. The van der Waals surface area contributed by atoms with Crippen LogP contribution in [0.1, 0.15) is 11.3 Å². The van der Waals surface area contributed by atoms with Crippen molar-refractivity contribution in [1.82, 2.24) is 14.5 Å². The van der Waals surface area contributed by atoms with Crippen LogP contribution in [0.2, 0.25) is 0 Å². The monoisotopic (exact) mass is 328 g/mol. The molecule has 0 aliphatic rings. The van der Waals surface area contributed by atoms with Crippen LogP contribution < -0.4 is 4.72 Å². The van der Waals surface area contributed by atoms with Crippen molar-refractivity contribution < 1.29 is 17.7 Å². The molecule has 0 bridgehead atoms. The second-order valence-corrected chi connectivity index (χ2v) is 6.34. The lowest BCUT2D eigenvalue weighted by Crippen LogP contribution is -2.24. The van der Waals surface area contributed by atoms with Gasteiger partial charge in [-0.1, -0.05) is 0 Å². The smallest absolute Gasteiger partial charge is 0.271 e. The molecule has 0 saturated heterocycles. The largest absolute Gasteiger partial charge is 0.276 e. The summed E-state index contributed by atoms with van der Waals surface area (Å²) in [6.07, 6.45) is 1.50. The van der Waals surface area contributed by atoms with E-state index in [4.69, 9.17) is 0 Å². The van der Waals surface area contributed by atoms with Crippen molar-refractivity contribution in [1.29, 1.82) is 0 Å². The van der Waals surface area contributed by atoms with Crippen molar-refractivity contribution in [2.45, 2.75) is 18.4 Å². The highest BCUT2D eigenvalue weighted by atomic mass is 32.2. The second-order valence-electron chi connectivity index (χ2n) is 4.58. The molecule has 0 fully saturated rings. The van der Waals surface area contributed by atoms with Crippen LogP contribution in [0.4, 0.5) is 10.1 Å². The lowest BCUT2D eigenvalue weighted by molar-refractivity contribution is -0.385. The number of sulfonamides is 1. The lowest BCUT2D eigenvalue weighted by Gasteiger charge is -2.08. The molecule has 22 heavy (non-hydrogen) atoms. The Morgan fingerprint density at radius 2 is 2.14 bits per heavy atom. The van der Waals surface area contributed by atoms with E-state index in [1.807, 2.05) is 0 Å². The fourth-order valence-corrected chi connectivity index (χ4v) is 2.84. The third-order valence-corrected chi connectivity index (χ3v) is 4.54. The Morgan fingerprint density at radius 1 is 1.45 bits per heavy atom. The van der Waals surface area contributed by atoms with Gasteiger partial charge in [-0.05, 0) is 19.1 Å². The van der Waals surface area contributed by atoms with E-state index in [-0.39, 0.29) is 12.1 Å². The number of halogens is 1. The first-order valence-electron chi connectivity index (χ1n) is 6.13. The normalized spacial score (nSPS) is 11.6. The summed E-state index contributed by atoms with van der Waals surface area (Å²) >= 11 is 0. The Kier molecular flexibility index (Phi) is 4.24. The standard InChI is InChI=1S/C12H13FN4O4S/c1-8-11(13)5-10(6-12(8)17(18)19)22(20,21)15-7-9-3-4-14-16(9)2/h3-6,15H,7H2,1-2H3. The Balaban J connectivity index is 2.33. The quantitative estimate of drug-likeness (QED) is 0.656. The predicted octanol–water partition coefficient (Wildman–Crippen LogP) is 1.25. The Bertz CT molecular complexity index is 832. The lowest BCUT2D eigenvalue weighted by atomic mass is 10.2. The molecule has 0 atom stereocenters. The molecule has 8 nitrogen and oxygen atoms in total. The zero-order chi connectivity index (χ0) is 16.5. The van der Waals surface area contributed by atoms with E-state index in [0.29, 0.717) is 5.69 Å². The Labute approximate surface area is 125 Å². The van der Waals surface area contributed by atoms with Gasteiger partial charge in [-0.2, -0.15) is 5.10 Å². The molecule has 2 rings (SSSR count). The summed E-state index contributed by atoms with van der Waals surface area (Å²) in [6, 6.07) is 3.21. The van der Waals surface area contributed by atoms with Crippen molar-refractivity contribution in [3.05, 3.63) is 51.6 Å². The van der Waals surface area contributed by atoms with Crippen LogP contribution in [0.25, 0.3) is 0 Å². The van der Waals surface area contributed by atoms with E-state index in [0.717, 1.165) is 12.1 Å². The number of nitro benzene ring substituents is 1. The minimum absolute atomic E-state index is 0.0673.